The minimum Gasteiger partial charge on any atom is -0.497 e. The van der Waals surface area contributed by atoms with E-state index in [0.717, 1.165) is 22.4 Å². The van der Waals surface area contributed by atoms with Crippen molar-refractivity contribution in [3.63, 3.8) is 0 Å². The Labute approximate surface area is 134 Å². The molecule has 21 heavy (non-hydrogen) atoms. The van der Waals surface area contributed by atoms with Crippen LogP contribution in [-0.2, 0) is 0 Å². The lowest BCUT2D eigenvalue weighted by molar-refractivity contribution is 0.297. The molecule has 3 nitrogen and oxygen atoms in total. The van der Waals surface area contributed by atoms with Gasteiger partial charge in [0.1, 0.15) is 11.5 Å². The lowest BCUT2D eigenvalue weighted by Crippen LogP contribution is -2.15. The Kier molecular flexibility index (Phi) is 6.08. The Balaban J connectivity index is 1.86. The Hall–Kier alpha value is -1.52. The van der Waals surface area contributed by atoms with Crippen LogP contribution in [0.4, 0.5) is 0 Å². The van der Waals surface area contributed by atoms with E-state index in [-0.39, 0.29) is 0 Å². The molecule has 2 aromatic carbocycles. The van der Waals surface area contributed by atoms with E-state index < -0.39 is 0 Å². The summed E-state index contributed by atoms with van der Waals surface area (Å²) in [5, 5.41) is 0. The van der Waals surface area contributed by atoms with Crippen molar-refractivity contribution >= 4 is 15.9 Å². The van der Waals surface area contributed by atoms with E-state index in [4.69, 9.17) is 15.2 Å². The van der Waals surface area contributed by atoms with Gasteiger partial charge in [0.2, 0.25) is 0 Å². The molecule has 2 N–H and O–H groups in total. The number of halogens is 1. The van der Waals surface area contributed by atoms with Gasteiger partial charge in [0.15, 0.2) is 0 Å². The fourth-order valence-corrected chi connectivity index (χ4v) is 2.41. The van der Waals surface area contributed by atoms with E-state index in [1.54, 1.807) is 7.11 Å². The molecule has 2 aromatic rings. The molecule has 0 radical (unpaired) electrons. The zero-order valence-electron chi connectivity index (χ0n) is 12.1. The lowest BCUT2D eigenvalue weighted by atomic mass is 9.96. The fraction of sp³-hybridized carbons (Fsp3) is 0.294. The van der Waals surface area contributed by atoms with Crippen LogP contribution in [0.1, 0.15) is 17.9 Å². The van der Waals surface area contributed by atoms with E-state index in [1.807, 2.05) is 36.4 Å². The third-order valence-corrected chi connectivity index (χ3v) is 3.95. The van der Waals surface area contributed by atoms with Crippen molar-refractivity contribution in [3.05, 3.63) is 58.6 Å². The van der Waals surface area contributed by atoms with Gasteiger partial charge >= 0.3 is 0 Å². The molecular formula is C17H20BrNO2. The van der Waals surface area contributed by atoms with Crippen LogP contribution in [0.3, 0.4) is 0 Å². The first-order valence-corrected chi connectivity index (χ1v) is 7.74. The Morgan fingerprint density at radius 2 is 1.62 bits per heavy atom. The molecule has 4 heteroatoms. The van der Waals surface area contributed by atoms with E-state index >= 15 is 0 Å². The molecule has 2 rings (SSSR count). The second kappa shape index (κ2) is 8.05. The standard InChI is InChI=1S/C17H20BrNO2/c1-20-16-6-8-17(9-7-16)21-11-10-14(12-19)13-2-4-15(18)5-3-13/h2-9,14H,10-12,19H2,1H3. The molecule has 0 saturated carbocycles. The largest absolute Gasteiger partial charge is 0.497 e. The zero-order chi connectivity index (χ0) is 15.1. The van der Waals surface area contributed by atoms with E-state index in [1.165, 1.54) is 5.56 Å². The molecule has 0 heterocycles. The summed E-state index contributed by atoms with van der Waals surface area (Å²) < 4.78 is 12.0. The molecule has 0 spiro atoms. The predicted molar refractivity (Wildman–Crippen MR) is 89.0 cm³/mol. The first-order chi connectivity index (χ1) is 10.2. The van der Waals surface area contributed by atoms with Crippen LogP contribution in [0.2, 0.25) is 0 Å². The van der Waals surface area contributed by atoms with Crippen LogP contribution in [0, 0.1) is 0 Å². The number of benzene rings is 2. The third-order valence-electron chi connectivity index (χ3n) is 3.42. The summed E-state index contributed by atoms with van der Waals surface area (Å²) >= 11 is 3.45. The average molecular weight is 350 g/mol. The summed E-state index contributed by atoms with van der Waals surface area (Å²) in [6.07, 6.45) is 0.893. The summed E-state index contributed by atoms with van der Waals surface area (Å²) in [6.45, 7) is 1.26. The summed E-state index contributed by atoms with van der Waals surface area (Å²) in [5.41, 5.74) is 7.13. The normalized spacial score (nSPS) is 12.0. The molecule has 0 amide bonds. The van der Waals surface area contributed by atoms with Crippen LogP contribution in [0.5, 0.6) is 11.5 Å². The maximum absolute atomic E-state index is 5.88. The molecule has 112 valence electrons. The summed E-state index contributed by atoms with van der Waals surface area (Å²) in [4.78, 5) is 0. The summed E-state index contributed by atoms with van der Waals surface area (Å²) in [5.74, 6) is 2.00. The van der Waals surface area contributed by atoms with Crippen molar-refractivity contribution in [1.29, 1.82) is 0 Å². The van der Waals surface area contributed by atoms with Crippen molar-refractivity contribution in [3.8, 4) is 11.5 Å². The van der Waals surface area contributed by atoms with E-state index in [2.05, 4.69) is 28.1 Å². The number of ether oxygens (including phenoxy) is 2. The molecule has 0 aliphatic carbocycles. The smallest absolute Gasteiger partial charge is 0.119 e. The van der Waals surface area contributed by atoms with Crippen molar-refractivity contribution in [2.75, 3.05) is 20.3 Å². The highest BCUT2D eigenvalue weighted by Gasteiger charge is 2.09. The van der Waals surface area contributed by atoms with Crippen LogP contribution in [-0.4, -0.2) is 20.3 Å². The molecule has 0 aliphatic rings. The first-order valence-electron chi connectivity index (χ1n) is 6.95. The molecule has 0 aromatic heterocycles. The first kappa shape index (κ1) is 15.9. The highest BCUT2D eigenvalue weighted by molar-refractivity contribution is 9.10. The minimum atomic E-state index is 0.316. The number of nitrogens with two attached hydrogens (primary N) is 1. The van der Waals surface area contributed by atoms with Crippen LogP contribution < -0.4 is 15.2 Å². The van der Waals surface area contributed by atoms with E-state index in [9.17, 15) is 0 Å². The maximum Gasteiger partial charge on any atom is 0.119 e. The highest BCUT2D eigenvalue weighted by Crippen LogP contribution is 2.22. The van der Waals surface area contributed by atoms with Crippen molar-refractivity contribution < 1.29 is 9.47 Å². The van der Waals surface area contributed by atoms with Gasteiger partial charge in [0.25, 0.3) is 0 Å². The van der Waals surface area contributed by atoms with Crippen molar-refractivity contribution in [2.45, 2.75) is 12.3 Å². The number of hydrogen-bond donors (Lipinski definition) is 1. The predicted octanol–water partition coefficient (Wildman–Crippen LogP) is 3.97. The van der Waals surface area contributed by atoms with Crippen LogP contribution >= 0.6 is 15.9 Å². The Morgan fingerprint density at radius 3 is 2.19 bits per heavy atom. The molecule has 0 aliphatic heterocycles. The summed E-state index contributed by atoms with van der Waals surface area (Å²) in [6, 6.07) is 15.9. The van der Waals surface area contributed by atoms with Gasteiger partial charge in [-0.15, -0.1) is 0 Å². The SMILES string of the molecule is COc1ccc(OCCC(CN)c2ccc(Br)cc2)cc1. The Morgan fingerprint density at radius 1 is 1.00 bits per heavy atom. The van der Waals surface area contributed by atoms with Crippen molar-refractivity contribution in [1.82, 2.24) is 0 Å². The molecule has 1 atom stereocenters. The number of hydrogen-bond acceptors (Lipinski definition) is 3. The second-order valence-corrected chi connectivity index (χ2v) is 5.71. The topological polar surface area (TPSA) is 44.5 Å². The lowest BCUT2D eigenvalue weighted by Gasteiger charge is -2.16. The van der Waals surface area contributed by atoms with Gasteiger partial charge in [0, 0.05) is 4.47 Å². The maximum atomic E-state index is 5.88. The van der Waals surface area contributed by atoms with Gasteiger partial charge in [-0.3, -0.25) is 0 Å². The monoisotopic (exact) mass is 349 g/mol. The van der Waals surface area contributed by atoms with Gasteiger partial charge in [-0.05, 0) is 60.8 Å². The van der Waals surface area contributed by atoms with Crippen molar-refractivity contribution in [2.24, 2.45) is 5.73 Å². The third kappa shape index (κ3) is 4.76. The quantitative estimate of drug-likeness (QED) is 0.822. The highest BCUT2D eigenvalue weighted by atomic mass is 79.9. The molecule has 1 unspecified atom stereocenters. The molecule has 0 saturated heterocycles. The number of methoxy groups -OCH3 is 1. The second-order valence-electron chi connectivity index (χ2n) is 4.80. The van der Waals surface area contributed by atoms with Gasteiger partial charge in [-0.1, -0.05) is 28.1 Å². The Bertz CT molecular complexity index is 540. The fourth-order valence-electron chi connectivity index (χ4n) is 2.15. The molecule has 0 fully saturated rings. The van der Waals surface area contributed by atoms with E-state index in [0.29, 0.717) is 19.1 Å². The summed E-state index contributed by atoms with van der Waals surface area (Å²) in [7, 11) is 1.65. The van der Waals surface area contributed by atoms with Gasteiger partial charge in [-0.2, -0.15) is 0 Å². The van der Waals surface area contributed by atoms with Gasteiger partial charge < -0.3 is 15.2 Å². The van der Waals surface area contributed by atoms with Crippen LogP contribution in [0.15, 0.2) is 53.0 Å². The van der Waals surface area contributed by atoms with Gasteiger partial charge in [0.05, 0.1) is 13.7 Å². The zero-order valence-corrected chi connectivity index (χ0v) is 13.7. The van der Waals surface area contributed by atoms with Gasteiger partial charge in [-0.25, -0.2) is 0 Å². The average Bonchev–Trinajstić information content (AvgIpc) is 2.53. The molecule has 0 bridgehead atoms. The van der Waals surface area contributed by atoms with Crippen LogP contribution in [0.25, 0.3) is 0 Å². The molecular weight excluding hydrogens is 330 g/mol. The minimum absolute atomic E-state index is 0.316. The number of rotatable bonds is 7.